The Balaban J connectivity index is 1.55. The van der Waals surface area contributed by atoms with Crippen molar-refractivity contribution in [3.63, 3.8) is 0 Å². The molecular formula is C41H32Cl4N2OP2+2. The normalized spacial score (nSPS) is 11.3. The quantitative estimate of drug-likeness (QED) is 0.134. The maximum absolute atomic E-state index is 14.7. The molecule has 2 N–H and O–H groups in total. The molecule has 0 unspecified atom stereocenters. The van der Waals surface area contributed by atoms with E-state index in [2.05, 4.69) is 10.6 Å². The van der Waals surface area contributed by atoms with Crippen molar-refractivity contribution in [2.75, 3.05) is 0 Å². The summed E-state index contributed by atoms with van der Waals surface area (Å²) in [6.45, 7) is 0. The lowest BCUT2D eigenvalue weighted by atomic mass is 10.4. The highest BCUT2D eigenvalue weighted by atomic mass is 35.5. The van der Waals surface area contributed by atoms with E-state index in [0.717, 1.165) is 31.8 Å². The number of rotatable bonds is 10. The Bertz CT molecular complexity index is 1750. The van der Waals surface area contributed by atoms with Crippen LogP contribution in [-0.4, -0.2) is 6.03 Å². The predicted molar refractivity (Wildman–Crippen MR) is 219 cm³/mol. The fourth-order valence-corrected chi connectivity index (χ4v) is 16.2. The molecule has 3 nitrogen and oxygen atoms in total. The van der Waals surface area contributed by atoms with E-state index in [4.69, 9.17) is 46.4 Å². The van der Waals surface area contributed by atoms with Gasteiger partial charge < -0.3 is 0 Å². The summed E-state index contributed by atoms with van der Waals surface area (Å²) in [5, 5.41) is 12.0. The van der Waals surface area contributed by atoms with Crippen LogP contribution in [0.1, 0.15) is 0 Å². The lowest BCUT2D eigenvalue weighted by molar-refractivity contribution is 0.246. The average molecular weight is 772 g/mol. The van der Waals surface area contributed by atoms with Crippen LogP contribution >= 0.6 is 60.9 Å². The summed E-state index contributed by atoms with van der Waals surface area (Å²) >= 11 is 27.5. The van der Waals surface area contributed by atoms with Gasteiger partial charge in [0, 0.05) is 0 Å². The second-order valence-electron chi connectivity index (χ2n) is 11.2. The van der Waals surface area contributed by atoms with Gasteiger partial charge in [-0.3, -0.25) is 10.6 Å². The van der Waals surface area contributed by atoms with Gasteiger partial charge in [0.25, 0.3) is 0 Å². The van der Waals surface area contributed by atoms with Crippen molar-refractivity contribution < 1.29 is 4.79 Å². The third-order valence-electron chi connectivity index (χ3n) is 8.35. The molecule has 6 aromatic carbocycles. The monoisotopic (exact) mass is 770 g/mol. The molecule has 2 amide bonds. The van der Waals surface area contributed by atoms with Crippen molar-refractivity contribution in [1.82, 2.24) is 10.6 Å². The molecule has 0 aliphatic carbocycles. The van der Waals surface area contributed by atoms with Crippen molar-refractivity contribution in [2.45, 2.75) is 0 Å². The Morgan fingerprint density at radius 2 is 0.520 bits per heavy atom. The molecule has 0 atom stereocenters. The summed E-state index contributed by atoms with van der Waals surface area (Å²) in [5.41, 5.74) is 0.741. The molecule has 0 radical (unpaired) electrons. The second-order valence-corrected chi connectivity index (χ2v) is 19.7. The topological polar surface area (TPSA) is 41.1 Å². The average Bonchev–Trinajstić information content (AvgIpc) is 3.17. The van der Waals surface area contributed by atoms with Crippen molar-refractivity contribution >= 4 is 98.8 Å². The molecule has 0 spiro atoms. The molecule has 50 heavy (non-hydrogen) atoms. The number of benzene rings is 6. The molecule has 6 aromatic rings. The minimum atomic E-state index is -2.88. The molecule has 248 valence electrons. The Labute approximate surface area is 314 Å². The summed E-state index contributed by atoms with van der Waals surface area (Å²) < 4.78 is -0.134. The molecule has 9 heteroatoms. The highest BCUT2D eigenvalue weighted by Crippen LogP contribution is 2.64. The van der Waals surface area contributed by atoms with Gasteiger partial charge in [-0.05, 0) is 72.8 Å². The van der Waals surface area contributed by atoms with Crippen LogP contribution in [-0.2, 0) is 0 Å². The Hall–Kier alpha value is -3.91. The Kier molecular flexibility index (Phi) is 11.8. The number of amides is 2. The van der Waals surface area contributed by atoms with Gasteiger partial charge in [-0.25, -0.2) is 4.79 Å². The van der Waals surface area contributed by atoms with Crippen LogP contribution in [0, 0.1) is 0 Å². The second kappa shape index (κ2) is 16.4. The molecule has 6 rings (SSSR count). The maximum atomic E-state index is 14.7. The smallest absolute Gasteiger partial charge is 0.275 e. The van der Waals surface area contributed by atoms with Crippen LogP contribution in [0.5, 0.6) is 0 Å². The number of nitrogens with one attached hydrogen (secondary N) is 2. The first-order chi connectivity index (χ1) is 24.4. The van der Waals surface area contributed by atoms with Gasteiger partial charge in [0.15, 0.2) is 23.5 Å². The summed E-state index contributed by atoms with van der Waals surface area (Å²) in [7, 11) is -5.77. The van der Waals surface area contributed by atoms with Crippen LogP contribution in [0.3, 0.4) is 0 Å². The molecule has 0 fully saturated rings. The summed E-state index contributed by atoms with van der Waals surface area (Å²) in [6.07, 6.45) is 0. The van der Waals surface area contributed by atoms with Crippen molar-refractivity contribution in [1.29, 1.82) is 0 Å². The van der Waals surface area contributed by atoms with Crippen LogP contribution in [0.4, 0.5) is 4.79 Å². The number of urea groups is 1. The van der Waals surface area contributed by atoms with Gasteiger partial charge in [-0.15, -0.1) is 0 Å². The van der Waals surface area contributed by atoms with E-state index in [1.54, 1.807) is 0 Å². The zero-order valence-electron chi connectivity index (χ0n) is 26.6. The standard InChI is InChI=1S/C41H31Cl4N2OP2/c42-37(43)39(49(31-19-7-1-8-20-31,32-21-9-2-10-22-32)33-23-11-3-12-24-33)46-41(48)47-40(38(44)45)50(34-25-13-4-14-26-34,35-27-15-5-16-28-35)36-29-17-6-18-30-36/h1-30H,(H-,46,47,48)/q+1/p+1. The number of hydrogen-bond donors (Lipinski definition) is 2. The number of hydrogen-bond acceptors (Lipinski definition) is 1. The van der Waals surface area contributed by atoms with Crippen LogP contribution < -0.4 is 42.5 Å². The first-order valence-electron chi connectivity index (χ1n) is 15.7. The highest BCUT2D eigenvalue weighted by Gasteiger charge is 2.54. The van der Waals surface area contributed by atoms with Gasteiger partial charge in [-0.1, -0.05) is 156 Å². The highest BCUT2D eigenvalue weighted by molar-refractivity contribution is 7.99. The molecule has 0 aromatic heterocycles. The minimum Gasteiger partial charge on any atom is -0.275 e. The summed E-state index contributed by atoms with van der Waals surface area (Å²) in [4.78, 5) is 14.7. The number of carbonyl (C=O) groups is 1. The maximum Gasteiger partial charge on any atom is 0.328 e. The van der Waals surface area contributed by atoms with Crippen LogP contribution in [0.2, 0.25) is 0 Å². The van der Waals surface area contributed by atoms with E-state index in [0.29, 0.717) is 10.9 Å². The van der Waals surface area contributed by atoms with Gasteiger partial charge in [0.1, 0.15) is 31.8 Å². The number of carbonyl (C=O) groups excluding carboxylic acids is 1. The summed E-state index contributed by atoms with van der Waals surface area (Å²) in [5.74, 6) is 0. The van der Waals surface area contributed by atoms with E-state index >= 15 is 0 Å². The molecule has 0 heterocycles. The largest absolute Gasteiger partial charge is 0.328 e. The number of halogens is 4. The molecular weight excluding hydrogens is 740 g/mol. The fraction of sp³-hybridized carbons (Fsp3) is 0. The van der Waals surface area contributed by atoms with Crippen molar-refractivity contribution in [3.05, 3.63) is 202 Å². The predicted octanol–water partition coefficient (Wildman–Crippen LogP) is 9.48. The van der Waals surface area contributed by atoms with Crippen molar-refractivity contribution in [3.8, 4) is 0 Å². The first-order valence-corrected chi connectivity index (χ1v) is 20.8. The van der Waals surface area contributed by atoms with E-state index in [1.165, 1.54) is 0 Å². The lowest BCUT2D eigenvalue weighted by Crippen LogP contribution is -2.44. The van der Waals surface area contributed by atoms with Gasteiger partial charge >= 0.3 is 6.03 Å². The molecule has 0 bridgehead atoms. The summed E-state index contributed by atoms with van der Waals surface area (Å²) in [6, 6.07) is 59.4. The molecule has 0 aliphatic rings. The third kappa shape index (κ3) is 7.01. The molecule has 0 aliphatic heterocycles. The molecule has 0 saturated heterocycles. The van der Waals surface area contributed by atoms with Gasteiger partial charge in [-0.2, -0.15) is 0 Å². The first kappa shape index (κ1) is 35.9. The fourth-order valence-electron chi connectivity index (χ4n) is 6.34. The zero-order valence-corrected chi connectivity index (χ0v) is 31.4. The lowest BCUT2D eigenvalue weighted by Gasteiger charge is -2.31. The van der Waals surface area contributed by atoms with Crippen LogP contribution in [0.15, 0.2) is 202 Å². The third-order valence-corrected chi connectivity index (χ3v) is 18.1. The van der Waals surface area contributed by atoms with Crippen LogP contribution in [0.25, 0.3) is 0 Å². The SMILES string of the molecule is O=C(NC(=C(Cl)Cl)[P+](c1ccccc1)(c1ccccc1)c1ccccc1)NC(=C(Cl)Cl)[P+](c1ccccc1)(c1ccccc1)c1ccccc1. The van der Waals surface area contributed by atoms with E-state index in [1.807, 2.05) is 182 Å². The van der Waals surface area contributed by atoms with E-state index in [-0.39, 0.29) is 8.98 Å². The van der Waals surface area contributed by atoms with Crippen molar-refractivity contribution in [2.24, 2.45) is 0 Å². The van der Waals surface area contributed by atoms with Gasteiger partial charge in [0.2, 0.25) is 10.9 Å². The zero-order chi connectivity index (χ0) is 35.0. The molecule has 0 saturated carbocycles. The Morgan fingerprint density at radius 3 is 0.680 bits per heavy atom. The minimum absolute atomic E-state index is 0.0669. The van der Waals surface area contributed by atoms with Gasteiger partial charge in [0.05, 0.1) is 0 Å². The van der Waals surface area contributed by atoms with E-state index in [9.17, 15) is 4.79 Å². The van der Waals surface area contributed by atoms with E-state index < -0.39 is 20.6 Å². The Morgan fingerprint density at radius 1 is 0.340 bits per heavy atom.